The molecule has 0 saturated carbocycles. The zero-order valence-corrected chi connectivity index (χ0v) is 16.8. The van der Waals surface area contributed by atoms with Gasteiger partial charge in [-0.05, 0) is 12.8 Å². The zero-order chi connectivity index (χ0) is 14.7. The van der Waals surface area contributed by atoms with Crippen LogP contribution in [0.25, 0.3) is 0 Å². The molecule has 0 amide bonds. The Morgan fingerprint density at radius 3 is 1.09 bits per heavy atom. The minimum absolute atomic E-state index is 0. The van der Waals surface area contributed by atoms with Gasteiger partial charge in [-0.15, -0.1) is 6.58 Å². The van der Waals surface area contributed by atoms with Crippen molar-refractivity contribution in [1.29, 1.82) is 0 Å². The first-order valence-electron chi connectivity index (χ1n) is 9.52. The minimum atomic E-state index is 0. The minimum Gasteiger partial charge on any atom is -0.197 e. The Hall–Kier alpha value is 0.687. The molecule has 0 nitrogen and oxygen atoms in total. The molecule has 0 N–H and O–H groups in total. The molecule has 0 aromatic rings. The van der Waals surface area contributed by atoms with Gasteiger partial charge in [0, 0.05) is 18.9 Å². The van der Waals surface area contributed by atoms with Crippen LogP contribution >= 0.6 is 13.5 Å². The number of rotatable bonds is 17. The maximum atomic E-state index is 3.77. The maximum absolute atomic E-state index is 3.77. The molecule has 0 unspecified atom stereocenters. The molecule has 0 rings (SSSR count). The fourth-order valence-corrected chi connectivity index (χ4v) is 2.84. The van der Waals surface area contributed by atoms with E-state index in [1.165, 1.54) is 109 Å². The molecule has 0 atom stereocenters. The van der Waals surface area contributed by atoms with Crippen molar-refractivity contribution in [2.24, 2.45) is 0 Å². The number of hydrogen-bond acceptors (Lipinski definition) is 0. The third-order valence-electron chi connectivity index (χ3n) is 4.26. The van der Waals surface area contributed by atoms with Crippen LogP contribution in [0.2, 0.25) is 0 Å². The van der Waals surface area contributed by atoms with Crippen molar-refractivity contribution in [3.8, 4) is 0 Å². The Morgan fingerprint density at radius 2 is 0.818 bits per heavy atom. The molecule has 0 bridgehead atoms. The number of allylic oxidation sites excluding steroid dienone is 1. The Labute approximate surface area is 160 Å². The summed E-state index contributed by atoms with van der Waals surface area (Å²) in [5.74, 6) is 0. The van der Waals surface area contributed by atoms with Gasteiger partial charge in [0.2, 0.25) is 0 Å². The molecule has 0 aromatic heterocycles. The van der Waals surface area contributed by atoms with Crippen molar-refractivity contribution in [3.63, 3.8) is 0 Å². The molecule has 1 radical (unpaired) electrons. The van der Waals surface area contributed by atoms with Gasteiger partial charge < -0.3 is 0 Å². The Bertz CT molecular complexity index is 183. The van der Waals surface area contributed by atoms with Crippen LogP contribution in [-0.2, 0) is 0 Å². The van der Waals surface area contributed by atoms with Gasteiger partial charge >= 0.3 is 0 Å². The molecule has 129 valence electrons. The molecule has 22 heavy (non-hydrogen) atoms. The van der Waals surface area contributed by atoms with Crippen LogP contribution in [0.3, 0.4) is 0 Å². The van der Waals surface area contributed by atoms with E-state index >= 15 is 0 Å². The van der Waals surface area contributed by atoms with Gasteiger partial charge in [0.15, 0.2) is 0 Å². The van der Waals surface area contributed by atoms with Gasteiger partial charge in [-0.25, -0.2) is 0 Å². The molecule has 0 aromatic carbocycles. The van der Waals surface area contributed by atoms with Crippen molar-refractivity contribution in [3.05, 3.63) is 12.7 Å². The smallest absolute Gasteiger partial charge is 0 e. The summed E-state index contributed by atoms with van der Waals surface area (Å²) in [5.41, 5.74) is 0. The molecular weight excluding hydrogens is 279 g/mol. The molecule has 0 aliphatic rings. The quantitative estimate of drug-likeness (QED) is 0.147. The summed E-state index contributed by atoms with van der Waals surface area (Å²) in [6.45, 7) is 6.06. The van der Waals surface area contributed by atoms with Crippen molar-refractivity contribution in [2.75, 3.05) is 0 Å². The third kappa shape index (κ3) is 25.6. The molecule has 0 fully saturated rings. The van der Waals surface area contributed by atoms with E-state index in [0.717, 1.165) is 0 Å². The summed E-state index contributed by atoms with van der Waals surface area (Å²) in [5, 5.41) is 0. The molecule has 0 spiro atoms. The molecular formula is C20H42LiS. The predicted octanol–water partition coefficient (Wildman–Crippen LogP) is 7.56. The van der Waals surface area contributed by atoms with Crippen molar-refractivity contribution < 1.29 is 0 Å². The number of hydrogen-bond donors (Lipinski definition) is 0. The van der Waals surface area contributed by atoms with E-state index in [4.69, 9.17) is 0 Å². The molecule has 0 aliphatic carbocycles. The largest absolute Gasteiger partial charge is 0.197 e. The van der Waals surface area contributed by atoms with E-state index in [1.807, 2.05) is 6.08 Å². The second-order valence-electron chi connectivity index (χ2n) is 6.38. The van der Waals surface area contributed by atoms with Crippen molar-refractivity contribution in [1.82, 2.24) is 0 Å². The van der Waals surface area contributed by atoms with E-state index in [2.05, 4.69) is 13.5 Å². The summed E-state index contributed by atoms with van der Waals surface area (Å²) >= 11 is 0. The molecule has 0 heterocycles. The molecule has 0 saturated heterocycles. The Balaban J connectivity index is -0.00000180. The van der Waals surface area contributed by atoms with Crippen molar-refractivity contribution >= 4 is 32.4 Å². The average Bonchev–Trinajstić information content (AvgIpc) is 2.47. The van der Waals surface area contributed by atoms with Gasteiger partial charge in [0.05, 0.1) is 0 Å². The van der Waals surface area contributed by atoms with Gasteiger partial charge in [-0.3, -0.25) is 0 Å². The summed E-state index contributed by atoms with van der Waals surface area (Å²) in [6, 6.07) is 0. The van der Waals surface area contributed by atoms with Crippen LogP contribution in [0.5, 0.6) is 0 Å². The van der Waals surface area contributed by atoms with Crippen LogP contribution in [0, 0.1) is 0 Å². The maximum Gasteiger partial charge on any atom is 0 e. The third-order valence-corrected chi connectivity index (χ3v) is 4.26. The van der Waals surface area contributed by atoms with Crippen LogP contribution in [0.4, 0.5) is 0 Å². The monoisotopic (exact) mass is 321 g/mol. The second-order valence-corrected chi connectivity index (χ2v) is 6.38. The van der Waals surface area contributed by atoms with Crippen LogP contribution in [-0.4, -0.2) is 18.9 Å². The summed E-state index contributed by atoms with van der Waals surface area (Å²) in [4.78, 5) is 0. The first kappa shape index (κ1) is 27.5. The molecule has 0 aliphatic heterocycles. The van der Waals surface area contributed by atoms with Crippen LogP contribution in [0.1, 0.15) is 116 Å². The predicted molar refractivity (Wildman–Crippen MR) is 110 cm³/mol. The summed E-state index contributed by atoms with van der Waals surface area (Å²) in [6.07, 6.45) is 26.4. The van der Waals surface area contributed by atoms with Crippen LogP contribution in [0.15, 0.2) is 12.7 Å². The van der Waals surface area contributed by atoms with Crippen molar-refractivity contribution in [2.45, 2.75) is 116 Å². The van der Waals surface area contributed by atoms with Gasteiger partial charge in [-0.2, -0.15) is 13.5 Å². The first-order chi connectivity index (χ1) is 9.91. The van der Waals surface area contributed by atoms with Gasteiger partial charge in [-0.1, -0.05) is 109 Å². The average molecular weight is 322 g/mol. The normalized spacial score (nSPS) is 9.86. The summed E-state index contributed by atoms with van der Waals surface area (Å²) in [7, 11) is 0. The van der Waals surface area contributed by atoms with E-state index in [9.17, 15) is 0 Å². The fourth-order valence-electron chi connectivity index (χ4n) is 2.84. The van der Waals surface area contributed by atoms with E-state index in [0.29, 0.717) is 0 Å². The standard InChI is InChI=1S/C20H40.Li.H2S/c1-3-5-7-9-11-13-15-17-19-20-18-16-14-12-10-8-6-4-2;;/h3H,1,4-20H2,2H3;;1H2. The first-order valence-corrected chi connectivity index (χ1v) is 9.52. The fraction of sp³-hybridized carbons (Fsp3) is 0.900. The van der Waals surface area contributed by atoms with Gasteiger partial charge in [0.1, 0.15) is 0 Å². The summed E-state index contributed by atoms with van der Waals surface area (Å²) < 4.78 is 0. The van der Waals surface area contributed by atoms with E-state index in [1.54, 1.807) is 0 Å². The van der Waals surface area contributed by atoms with Crippen LogP contribution < -0.4 is 0 Å². The topological polar surface area (TPSA) is 0 Å². The zero-order valence-electron chi connectivity index (χ0n) is 15.8. The van der Waals surface area contributed by atoms with Gasteiger partial charge in [0.25, 0.3) is 0 Å². The van der Waals surface area contributed by atoms with E-state index < -0.39 is 0 Å². The SMILES string of the molecule is C=CCCCCCCCCCCCCCCCCCC.S.[Li]. The Kier molecular flexibility index (Phi) is 33.3. The second kappa shape index (κ2) is 26.6. The molecule has 2 heteroatoms. The Morgan fingerprint density at radius 1 is 0.545 bits per heavy atom. The van der Waals surface area contributed by atoms with E-state index in [-0.39, 0.29) is 32.4 Å². The number of unbranched alkanes of at least 4 members (excludes halogenated alkanes) is 16.